The standard InChI is InChI=1S/C15H19ClN2O/c1-10(2)9-18-13(11-3-5-12(16)6-4-11)17-15(7-8-15)14(18)19/h3-6,10,13,17H,7-9H2,1-2H3. The Bertz CT molecular complexity index is 493. The lowest BCUT2D eigenvalue weighted by atomic mass is 10.1. The van der Waals surface area contributed by atoms with Crippen LogP contribution in [0.15, 0.2) is 24.3 Å². The van der Waals surface area contributed by atoms with Crippen molar-refractivity contribution in [2.45, 2.75) is 38.4 Å². The normalized spacial score (nSPS) is 24.5. The first-order valence-electron chi connectivity index (χ1n) is 6.86. The largest absolute Gasteiger partial charge is 0.321 e. The molecule has 3 nitrogen and oxygen atoms in total. The van der Waals surface area contributed by atoms with E-state index in [0.29, 0.717) is 5.92 Å². The van der Waals surface area contributed by atoms with E-state index in [9.17, 15) is 4.79 Å². The molecule has 0 bridgehead atoms. The summed E-state index contributed by atoms with van der Waals surface area (Å²) < 4.78 is 0. The van der Waals surface area contributed by atoms with Crippen LogP contribution in [0.25, 0.3) is 0 Å². The predicted molar refractivity (Wildman–Crippen MR) is 75.8 cm³/mol. The van der Waals surface area contributed by atoms with Gasteiger partial charge < -0.3 is 4.90 Å². The van der Waals surface area contributed by atoms with E-state index in [1.165, 1.54) is 0 Å². The van der Waals surface area contributed by atoms with Gasteiger partial charge in [0.05, 0.1) is 0 Å². The molecule has 2 fully saturated rings. The van der Waals surface area contributed by atoms with E-state index in [1.54, 1.807) is 0 Å². The van der Waals surface area contributed by atoms with Gasteiger partial charge in [-0.3, -0.25) is 10.1 Å². The molecule has 1 heterocycles. The molecular weight excluding hydrogens is 260 g/mol. The van der Waals surface area contributed by atoms with Crippen LogP contribution in [0.3, 0.4) is 0 Å². The highest BCUT2D eigenvalue weighted by Gasteiger charge is 2.59. The first-order chi connectivity index (χ1) is 9.02. The molecule has 1 amide bonds. The fraction of sp³-hybridized carbons (Fsp3) is 0.533. The van der Waals surface area contributed by atoms with Gasteiger partial charge in [0.2, 0.25) is 5.91 Å². The number of rotatable bonds is 3. The Labute approximate surface area is 118 Å². The van der Waals surface area contributed by atoms with Crippen LogP contribution in [0.5, 0.6) is 0 Å². The lowest BCUT2D eigenvalue weighted by Crippen LogP contribution is -2.34. The molecule has 2 aliphatic rings. The molecule has 1 unspecified atom stereocenters. The second-order valence-electron chi connectivity index (χ2n) is 6.03. The second kappa shape index (κ2) is 4.50. The molecule has 1 N–H and O–H groups in total. The lowest BCUT2D eigenvalue weighted by molar-refractivity contribution is -0.131. The Morgan fingerprint density at radius 3 is 2.53 bits per heavy atom. The van der Waals surface area contributed by atoms with Gasteiger partial charge >= 0.3 is 0 Å². The van der Waals surface area contributed by atoms with Crippen LogP contribution in [0.2, 0.25) is 5.02 Å². The molecule has 1 saturated carbocycles. The van der Waals surface area contributed by atoms with E-state index in [4.69, 9.17) is 11.6 Å². The number of halogens is 1. The first kappa shape index (κ1) is 12.9. The average molecular weight is 279 g/mol. The van der Waals surface area contributed by atoms with Crippen molar-refractivity contribution >= 4 is 17.5 Å². The minimum Gasteiger partial charge on any atom is -0.321 e. The van der Waals surface area contributed by atoms with Crippen molar-refractivity contribution in [2.75, 3.05) is 6.54 Å². The van der Waals surface area contributed by atoms with Crippen LogP contribution < -0.4 is 5.32 Å². The molecule has 1 aliphatic heterocycles. The molecule has 1 aromatic rings. The fourth-order valence-electron chi connectivity index (χ4n) is 2.77. The Kier molecular flexibility index (Phi) is 3.06. The second-order valence-corrected chi connectivity index (χ2v) is 6.47. The van der Waals surface area contributed by atoms with E-state index < -0.39 is 0 Å². The summed E-state index contributed by atoms with van der Waals surface area (Å²) in [7, 11) is 0. The number of benzene rings is 1. The van der Waals surface area contributed by atoms with Gasteiger partial charge in [0.25, 0.3) is 0 Å². The summed E-state index contributed by atoms with van der Waals surface area (Å²) in [4.78, 5) is 14.5. The van der Waals surface area contributed by atoms with E-state index >= 15 is 0 Å². The summed E-state index contributed by atoms with van der Waals surface area (Å²) in [6.45, 7) is 5.08. The maximum atomic E-state index is 12.5. The quantitative estimate of drug-likeness (QED) is 0.922. The highest BCUT2D eigenvalue weighted by molar-refractivity contribution is 6.30. The van der Waals surface area contributed by atoms with Gasteiger partial charge in [0, 0.05) is 11.6 Å². The Balaban J connectivity index is 1.89. The van der Waals surface area contributed by atoms with Gasteiger partial charge in [0.15, 0.2) is 0 Å². The van der Waals surface area contributed by atoms with Crippen LogP contribution in [0, 0.1) is 5.92 Å². The van der Waals surface area contributed by atoms with Crippen LogP contribution in [0.4, 0.5) is 0 Å². The lowest BCUT2D eigenvalue weighted by Gasteiger charge is -2.26. The van der Waals surface area contributed by atoms with Gasteiger partial charge in [0.1, 0.15) is 11.7 Å². The third kappa shape index (κ3) is 2.26. The summed E-state index contributed by atoms with van der Waals surface area (Å²) in [5.41, 5.74) is 0.848. The Morgan fingerprint density at radius 2 is 2.00 bits per heavy atom. The van der Waals surface area contributed by atoms with Crippen molar-refractivity contribution in [3.05, 3.63) is 34.9 Å². The van der Waals surface area contributed by atoms with Gasteiger partial charge in [-0.1, -0.05) is 37.6 Å². The number of nitrogens with one attached hydrogen (secondary N) is 1. The van der Waals surface area contributed by atoms with Crippen molar-refractivity contribution in [1.29, 1.82) is 0 Å². The maximum Gasteiger partial charge on any atom is 0.244 e. The molecule has 4 heteroatoms. The van der Waals surface area contributed by atoms with E-state index in [1.807, 2.05) is 29.2 Å². The van der Waals surface area contributed by atoms with E-state index in [0.717, 1.165) is 30.0 Å². The van der Waals surface area contributed by atoms with Crippen molar-refractivity contribution in [3.63, 3.8) is 0 Å². The molecule has 1 spiro atoms. The first-order valence-corrected chi connectivity index (χ1v) is 7.24. The SMILES string of the molecule is CC(C)CN1C(=O)C2(CC2)NC1c1ccc(Cl)cc1. The maximum absolute atomic E-state index is 12.5. The molecule has 1 atom stereocenters. The van der Waals surface area contributed by atoms with E-state index in [-0.39, 0.29) is 17.6 Å². The molecule has 0 aromatic heterocycles. The highest BCUT2D eigenvalue weighted by Crippen LogP contribution is 2.46. The third-order valence-electron chi connectivity index (χ3n) is 3.89. The molecule has 102 valence electrons. The predicted octanol–water partition coefficient (Wildman–Crippen LogP) is 2.96. The highest BCUT2D eigenvalue weighted by atomic mass is 35.5. The van der Waals surface area contributed by atoms with Gasteiger partial charge in [-0.15, -0.1) is 0 Å². The number of hydrogen-bond acceptors (Lipinski definition) is 2. The number of carbonyl (C=O) groups excluding carboxylic acids is 1. The van der Waals surface area contributed by atoms with Crippen molar-refractivity contribution in [2.24, 2.45) is 5.92 Å². The van der Waals surface area contributed by atoms with Crippen LogP contribution in [-0.2, 0) is 4.79 Å². The van der Waals surface area contributed by atoms with Crippen LogP contribution in [-0.4, -0.2) is 22.9 Å². The summed E-state index contributed by atoms with van der Waals surface area (Å²) >= 11 is 5.94. The van der Waals surface area contributed by atoms with Gasteiger partial charge in [-0.2, -0.15) is 0 Å². The molecular formula is C15H19ClN2O. The van der Waals surface area contributed by atoms with Crippen molar-refractivity contribution in [1.82, 2.24) is 10.2 Å². The Morgan fingerprint density at radius 1 is 1.37 bits per heavy atom. The molecule has 0 radical (unpaired) electrons. The van der Waals surface area contributed by atoms with Gasteiger partial charge in [-0.05, 0) is 36.5 Å². The van der Waals surface area contributed by atoms with Crippen molar-refractivity contribution < 1.29 is 4.79 Å². The molecule has 1 aromatic carbocycles. The zero-order valence-corrected chi connectivity index (χ0v) is 12.1. The number of nitrogens with zero attached hydrogens (tertiary/aromatic N) is 1. The number of amides is 1. The molecule has 1 saturated heterocycles. The number of carbonyl (C=O) groups is 1. The average Bonchev–Trinajstić information content (AvgIpc) is 3.09. The smallest absolute Gasteiger partial charge is 0.244 e. The van der Waals surface area contributed by atoms with Crippen molar-refractivity contribution in [3.8, 4) is 0 Å². The van der Waals surface area contributed by atoms with Crippen LogP contribution >= 0.6 is 11.6 Å². The van der Waals surface area contributed by atoms with E-state index in [2.05, 4.69) is 19.2 Å². The number of hydrogen-bond donors (Lipinski definition) is 1. The molecule has 3 rings (SSSR count). The summed E-state index contributed by atoms with van der Waals surface area (Å²) in [6.07, 6.45) is 1.92. The third-order valence-corrected chi connectivity index (χ3v) is 4.14. The summed E-state index contributed by atoms with van der Waals surface area (Å²) in [5.74, 6) is 0.732. The minimum absolute atomic E-state index is 0.00494. The van der Waals surface area contributed by atoms with Crippen LogP contribution in [0.1, 0.15) is 38.4 Å². The summed E-state index contributed by atoms with van der Waals surface area (Å²) in [5, 5.41) is 4.24. The monoisotopic (exact) mass is 278 g/mol. The van der Waals surface area contributed by atoms with Gasteiger partial charge in [-0.25, -0.2) is 0 Å². The zero-order chi connectivity index (χ0) is 13.6. The summed E-state index contributed by atoms with van der Waals surface area (Å²) in [6, 6.07) is 7.77. The minimum atomic E-state index is -0.265. The Hall–Kier alpha value is -1.06. The fourth-order valence-corrected chi connectivity index (χ4v) is 2.89. The zero-order valence-electron chi connectivity index (χ0n) is 11.3. The molecule has 1 aliphatic carbocycles. The molecule has 19 heavy (non-hydrogen) atoms. The topological polar surface area (TPSA) is 32.3 Å².